The average molecular weight is 243 g/mol. The number of hydrazine groups is 1. The number of anilines is 1. The summed E-state index contributed by atoms with van der Waals surface area (Å²) in [5.74, 6) is 6.77. The topological polar surface area (TPSA) is 76.7 Å². The number of nitrogen functional groups attached to an aromatic ring is 1. The molecule has 0 fully saturated rings. The number of nitrogens with zero attached hydrogens (tertiary/aromatic N) is 3. The van der Waals surface area contributed by atoms with Crippen molar-refractivity contribution < 1.29 is 0 Å². The summed E-state index contributed by atoms with van der Waals surface area (Å²) in [6, 6.07) is 3.80. The summed E-state index contributed by atoms with van der Waals surface area (Å²) < 4.78 is 0. The van der Waals surface area contributed by atoms with Crippen LogP contribution in [-0.4, -0.2) is 15.0 Å². The van der Waals surface area contributed by atoms with E-state index in [0.717, 1.165) is 29.7 Å². The van der Waals surface area contributed by atoms with Crippen molar-refractivity contribution in [1.29, 1.82) is 0 Å². The molecule has 0 amide bonds. The number of pyridine rings is 1. The maximum atomic E-state index is 5.45. The number of aryl methyl sites for hydroxylation is 2. The van der Waals surface area contributed by atoms with Crippen molar-refractivity contribution in [3.8, 4) is 11.4 Å². The van der Waals surface area contributed by atoms with E-state index < -0.39 is 0 Å². The van der Waals surface area contributed by atoms with Crippen LogP contribution < -0.4 is 11.3 Å². The van der Waals surface area contributed by atoms with Crippen molar-refractivity contribution in [3.63, 3.8) is 0 Å². The molecule has 2 rings (SSSR count). The monoisotopic (exact) mass is 243 g/mol. The summed E-state index contributed by atoms with van der Waals surface area (Å²) in [5, 5.41) is 0. The zero-order chi connectivity index (χ0) is 13.0. The molecule has 5 heteroatoms. The summed E-state index contributed by atoms with van der Waals surface area (Å²) in [6.07, 6.45) is 5.50. The molecule has 0 unspecified atom stereocenters. The molecule has 0 aliphatic carbocycles. The van der Waals surface area contributed by atoms with Gasteiger partial charge in [0.05, 0.1) is 0 Å². The van der Waals surface area contributed by atoms with Crippen LogP contribution in [0.2, 0.25) is 0 Å². The second kappa shape index (κ2) is 5.55. The molecule has 2 aromatic rings. The van der Waals surface area contributed by atoms with Gasteiger partial charge in [-0.1, -0.05) is 13.3 Å². The lowest BCUT2D eigenvalue weighted by molar-refractivity contribution is 0.875. The van der Waals surface area contributed by atoms with Gasteiger partial charge >= 0.3 is 0 Å². The number of rotatable bonds is 4. The van der Waals surface area contributed by atoms with Crippen LogP contribution in [0, 0.1) is 6.92 Å². The van der Waals surface area contributed by atoms with Gasteiger partial charge in [-0.15, -0.1) is 0 Å². The second-order valence-corrected chi connectivity index (χ2v) is 4.15. The first-order valence-corrected chi connectivity index (χ1v) is 6.00. The Bertz CT molecular complexity index is 539. The van der Waals surface area contributed by atoms with Crippen molar-refractivity contribution in [2.75, 3.05) is 5.43 Å². The standard InChI is InChI=1S/C13H17N5/c1-3-4-10-7-12(18-14)17-13(16-10)11-5-6-15-8-9(11)2/h5-8H,3-4,14H2,1-2H3,(H,16,17,18). The zero-order valence-corrected chi connectivity index (χ0v) is 10.6. The van der Waals surface area contributed by atoms with Crippen molar-refractivity contribution in [3.05, 3.63) is 35.8 Å². The van der Waals surface area contributed by atoms with Crippen LogP contribution in [0.3, 0.4) is 0 Å². The van der Waals surface area contributed by atoms with E-state index >= 15 is 0 Å². The smallest absolute Gasteiger partial charge is 0.162 e. The first-order valence-electron chi connectivity index (χ1n) is 6.00. The third-order valence-corrected chi connectivity index (χ3v) is 2.69. The van der Waals surface area contributed by atoms with Crippen LogP contribution >= 0.6 is 0 Å². The van der Waals surface area contributed by atoms with Crippen LogP contribution in [0.4, 0.5) is 5.82 Å². The van der Waals surface area contributed by atoms with Crippen LogP contribution in [-0.2, 0) is 6.42 Å². The summed E-state index contributed by atoms with van der Waals surface area (Å²) in [5.41, 5.74) is 5.62. The highest BCUT2D eigenvalue weighted by Crippen LogP contribution is 2.20. The van der Waals surface area contributed by atoms with Crippen molar-refractivity contribution in [1.82, 2.24) is 15.0 Å². The lowest BCUT2D eigenvalue weighted by atomic mass is 10.1. The molecule has 0 saturated carbocycles. The lowest BCUT2D eigenvalue weighted by Gasteiger charge is -2.08. The van der Waals surface area contributed by atoms with Crippen molar-refractivity contribution in [2.24, 2.45) is 5.84 Å². The van der Waals surface area contributed by atoms with Crippen LogP contribution in [0.1, 0.15) is 24.6 Å². The Hall–Kier alpha value is -2.01. The van der Waals surface area contributed by atoms with E-state index in [2.05, 4.69) is 27.3 Å². The van der Waals surface area contributed by atoms with Crippen molar-refractivity contribution in [2.45, 2.75) is 26.7 Å². The summed E-state index contributed by atoms with van der Waals surface area (Å²) in [4.78, 5) is 13.0. The van der Waals surface area contributed by atoms with Gasteiger partial charge in [-0.25, -0.2) is 15.8 Å². The fraction of sp³-hybridized carbons (Fsp3) is 0.308. The van der Waals surface area contributed by atoms with Crippen molar-refractivity contribution >= 4 is 5.82 Å². The predicted molar refractivity (Wildman–Crippen MR) is 71.8 cm³/mol. The maximum absolute atomic E-state index is 5.45. The Labute approximate surface area is 106 Å². The summed E-state index contributed by atoms with van der Waals surface area (Å²) in [7, 11) is 0. The quantitative estimate of drug-likeness (QED) is 0.635. The molecule has 0 radical (unpaired) electrons. The SMILES string of the molecule is CCCc1cc(NN)nc(-c2ccncc2C)n1. The van der Waals surface area contributed by atoms with Crippen LogP contribution in [0.15, 0.2) is 24.5 Å². The molecule has 2 aromatic heterocycles. The lowest BCUT2D eigenvalue weighted by Crippen LogP contribution is -2.10. The molecule has 0 aliphatic rings. The normalized spacial score (nSPS) is 10.4. The molecule has 0 aromatic carbocycles. The molecule has 3 N–H and O–H groups in total. The molecule has 0 bridgehead atoms. The van der Waals surface area contributed by atoms with Gasteiger partial charge in [-0.05, 0) is 25.0 Å². The van der Waals surface area contributed by atoms with Gasteiger partial charge in [0, 0.05) is 29.7 Å². The van der Waals surface area contributed by atoms with Gasteiger partial charge in [0.1, 0.15) is 5.82 Å². The summed E-state index contributed by atoms with van der Waals surface area (Å²) >= 11 is 0. The summed E-state index contributed by atoms with van der Waals surface area (Å²) in [6.45, 7) is 4.11. The Morgan fingerprint density at radius 1 is 1.33 bits per heavy atom. The van der Waals surface area contributed by atoms with Gasteiger partial charge in [0.25, 0.3) is 0 Å². The van der Waals surface area contributed by atoms with Gasteiger partial charge in [-0.2, -0.15) is 0 Å². The minimum atomic E-state index is 0.639. The van der Waals surface area contributed by atoms with E-state index in [1.54, 1.807) is 12.4 Å². The minimum absolute atomic E-state index is 0.639. The van der Waals surface area contributed by atoms with E-state index in [-0.39, 0.29) is 0 Å². The molecule has 5 nitrogen and oxygen atoms in total. The molecule has 94 valence electrons. The number of aromatic nitrogens is 3. The Balaban J connectivity index is 2.50. The number of nitrogens with one attached hydrogen (secondary N) is 1. The molecule has 0 atom stereocenters. The third kappa shape index (κ3) is 2.62. The first kappa shape index (κ1) is 12.4. The Morgan fingerprint density at radius 3 is 2.83 bits per heavy atom. The highest BCUT2D eigenvalue weighted by Gasteiger charge is 2.08. The van der Waals surface area contributed by atoms with E-state index in [1.165, 1.54) is 0 Å². The maximum Gasteiger partial charge on any atom is 0.162 e. The van der Waals surface area contributed by atoms with Gasteiger partial charge in [0.15, 0.2) is 5.82 Å². The molecular weight excluding hydrogens is 226 g/mol. The Kier molecular flexibility index (Phi) is 3.84. The van der Waals surface area contributed by atoms with E-state index in [4.69, 9.17) is 5.84 Å². The zero-order valence-electron chi connectivity index (χ0n) is 10.6. The van der Waals surface area contributed by atoms with E-state index in [9.17, 15) is 0 Å². The van der Waals surface area contributed by atoms with E-state index in [0.29, 0.717) is 11.6 Å². The van der Waals surface area contributed by atoms with Crippen LogP contribution in [0.25, 0.3) is 11.4 Å². The molecular formula is C13H17N5. The van der Waals surface area contributed by atoms with Gasteiger partial charge in [-0.3, -0.25) is 4.98 Å². The highest BCUT2D eigenvalue weighted by atomic mass is 15.3. The Morgan fingerprint density at radius 2 is 2.17 bits per heavy atom. The second-order valence-electron chi connectivity index (χ2n) is 4.15. The third-order valence-electron chi connectivity index (χ3n) is 2.69. The predicted octanol–water partition coefficient (Wildman–Crippen LogP) is 2.09. The highest BCUT2D eigenvalue weighted by molar-refractivity contribution is 5.60. The molecule has 18 heavy (non-hydrogen) atoms. The van der Waals surface area contributed by atoms with E-state index in [1.807, 2.05) is 19.1 Å². The average Bonchev–Trinajstić information content (AvgIpc) is 2.39. The largest absolute Gasteiger partial charge is 0.308 e. The van der Waals surface area contributed by atoms with Crippen LogP contribution in [0.5, 0.6) is 0 Å². The fourth-order valence-electron chi connectivity index (χ4n) is 1.80. The van der Waals surface area contributed by atoms with Gasteiger partial charge in [0.2, 0.25) is 0 Å². The fourth-order valence-corrected chi connectivity index (χ4v) is 1.80. The number of hydrogen-bond donors (Lipinski definition) is 2. The van der Waals surface area contributed by atoms with Gasteiger partial charge < -0.3 is 5.43 Å². The number of nitrogens with two attached hydrogens (primary N) is 1. The number of hydrogen-bond acceptors (Lipinski definition) is 5. The minimum Gasteiger partial charge on any atom is -0.308 e. The molecule has 0 saturated heterocycles. The molecule has 0 spiro atoms. The molecule has 0 aliphatic heterocycles. The first-order chi connectivity index (χ1) is 8.74. The molecule has 2 heterocycles.